The topological polar surface area (TPSA) is 114 Å². The Bertz CT molecular complexity index is 884. The zero-order valence-electron chi connectivity index (χ0n) is 14.0. The minimum atomic E-state index is -3.83. The number of benzene rings is 1. The minimum Gasteiger partial charge on any atom is -0.478 e. The molecule has 3 rings (SSSR count). The lowest BCUT2D eigenvalue weighted by atomic mass is 10.2. The lowest BCUT2D eigenvalue weighted by Crippen LogP contribution is -2.19. The molecule has 0 amide bonds. The first kappa shape index (κ1) is 25.9. The van der Waals surface area contributed by atoms with Crippen molar-refractivity contribution >= 4 is 70.1 Å². The van der Waals surface area contributed by atoms with Crippen molar-refractivity contribution in [3.63, 3.8) is 0 Å². The van der Waals surface area contributed by atoms with Crippen LogP contribution in [0.4, 0.5) is 5.69 Å². The quantitative estimate of drug-likeness (QED) is 0.682. The maximum absolute atomic E-state index is 12.8. The number of carboxylic acid groups (broad SMARTS) is 1. The van der Waals surface area contributed by atoms with Gasteiger partial charge in [-0.1, -0.05) is 0 Å². The number of hydrogen-bond donors (Lipinski definition) is 2. The van der Waals surface area contributed by atoms with E-state index in [1.54, 1.807) is 0 Å². The molecule has 1 aromatic carbocycles. The highest BCUT2D eigenvalue weighted by Gasteiger charge is 2.24. The van der Waals surface area contributed by atoms with Crippen molar-refractivity contribution in [1.29, 1.82) is 0 Å². The SMILES string of the molecule is Cl.Cl.Cl.NCc1ncc(S(=O)(=O)c2cc(C(=O)O)cc(N3CCCC3)c2)s1. The van der Waals surface area contributed by atoms with Gasteiger partial charge in [-0.15, -0.1) is 48.6 Å². The van der Waals surface area contributed by atoms with E-state index in [1.165, 1.54) is 24.4 Å². The summed E-state index contributed by atoms with van der Waals surface area (Å²) < 4.78 is 25.7. The molecule has 7 nitrogen and oxygen atoms in total. The largest absolute Gasteiger partial charge is 0.478 e. The summed E-state index contributed by atoms with van der Waals surface area (Å²) in [6, 6.07) is 4.25. The summed E-state index contributed by atoms with van der Waals surface area (Å²) in [6.07, 6.45) is 3.29. The molecule has 2 aromatic rings. The number of aromatic nitrogens is 1. The Kier molecular flexibility index (Phi) is 10.0. The molecule has 152 valence electrons. The number of halogens is 3. The molecule has 0 spiro atoms. The van der Waals surface area contributed by atoms with Gasteiger partial charge in [-0.05, 0) is 31.0 Å². The zero-order chi connectivity index (χ0) is 17.3. The number of rotatable bonds is 5. The van der Waals surface area contributed by atoms with Gasteiger partial charge in [0.25, 0.3) is 0 Å². The van der Waals surface area contributed by atoms with Gasteiger partial charge < -0.3 is 15.7 Å². The summed E-state index contributed by atoms with van der Waals surface area (Å²) in [6.45, 7) is 1.75. The number of carbonyl (C=O) groups is 1. The zero-order valence-corrected chi connectivity index (χ0v) is 18.1. The van der Waals surface area contributed by atoms with Crippen molar-refractivity contribution in [3.05, 3.63) is 35.0 Å². The maximum Gasteiger partial charge on any atom is 0.335 e. The molecule has 12 heteroatoms. The molecular weight excluding hydrogens is 457 g/mol. The Balaban J connectivity index is 0.00000225. The molecular formula is C15H20Cl3N3O4S2. The first-order chi connectivity index (χ1) is 11.4. The second kappa shape index (κ2) is 10.4. The number of hydrogen-bond acceptors (Lipinski definition) is 7. The Morgan fingerprint density at radius 3 is 2.33 bits per heavy atom. The molecule has 0 saturated carbocycles. The standard InChI is InChI=1S/C15H17N3O4S2.3ClH/c16-8-13-17-9-14(23-13)24(21,22)12-6-10(15(19)20)5-11(7-12)18-3-1-2-4-18;;;/h5-7,9H,1-4,8,16H2,(H,19,20);3*1H. The number of sulfone groups is 1. The lowest BCUT2D eigenvalue weighted by Gasteiger charge is -2.19. The molecule has 0 aliphatic carbocycles. The summed E-state index contributed by atoms with van der Waals surface area (Å²) in [5.41, 5.74) is 6.06. The predicted molar refractivity (Wildman–Crippen MR) is 112 cm³/mol. The molecule has 0 radical (unpaired) electrons. The first-order valence-corrected chi connectivity index (χ1v) is 9.75. The normalized spacial score (nSPS) is 13.3. The number of anilines is 1. The van der Waals surface area contributed by atoms with Gasteiger partial charge in [0.1, 0.15) is 9.22 Å². The van der Waals surface area contributed by atoms with E-state index in [2.05, 4.69) is 4.98 Å². The molecule has 0 atom stereocenters. The van der Waals surface area contributed by atoms with E-state index >= 15 is 0 Å². The fraction of sp³-hybridized carbons (Fsp3) is 0.333. The van der Waals surface area contributed by atoms with Crippen LogP contribution in [0.25, 0.3) is 0 Å². The predicted octanol–water partition coefficient (Wildman–Crippen LogP) is 3.00. The molecule has 2 heterocycles. The van der Waals surface area contributed by atoms with Crippen LogP contribution < -0.4 is 10.6 Å². The third-order valence-corrected chi connectivity index (χ3v) is 7.11. The molecule has 0 bridgehead atoms. The summed E-state index contributed by atoms with van der Waals surface area (Å²) in [7, 11) is -3.83. The third-order valence-electron chi connectivity index (χ3n) is 3.89. The molecule has 1 saturated heterocycles. The van der Waals surface area contributed by atoms with Crippen molar-refractivity contribution in [2.75, 3.05) is 18.0 Å². The van der Waals surface area contributed by atoms with Gasteiger partial charge >= 0.3 is 5.97 Å². The minimum absolute atomic E-state index is 0. The van der Waals surface area contributed by atoms with Gasteiger partial charge in [-0.25, -0.2) is 18.2 Å². The van der Waals surface area contributed by atoms with Crippen LogP contribution in [0.2, 0.25) is 0 Å². The number of thiazole rings is 1. The molecule has 1 aliphatic rings. The van der Waals surface area contributed by atoms with Crippen molar-refractivity contribution in [2.45, 2.75) is 28.5 Å². The summed E-state index contributed by atoms with van der Waals surface area (Å²) in [5, 5.41) is 9.83. The molecule has 1 fully saturated rings. The Labute approximate surface area is 180 Å². The fourth-order valence-corrected chi connectivity index (χ4v) is 5.17. The number of nitrogens with zero attached hydrogens (tertiary/aromatic N) is 2. The average Bonchev–Trinajstić information content (AvgIpc) is 3.25. The van der Waals surface area contributed by atoms with Crippen LogP contribution in [0.5, 0.6) is 0 Å². The van der Waals surface area contributed by atoms with Crippen LogP contribution in [-0.2, 0) is 16.4 Å². The smallest absolute Gasteiger partial charge is 0.335 e. The molecule has 1 aliphatic heterocycles. The molecule has 0 unspecified atom stereocenters. The van der Waals surface area contributed by atoms with Crippen molar-refractivity contribution in [3.8, 4) is 0 Å². The monoisotopic (exact) mass is 475 g/mol. The average molecular weight is 477 g/mol. The Hall–Kier alpha value is -1.10. The first-order valence-electron chi connectivity index (χ1n) is 7.45. The van der Waals surface area contributed by atoms with Gasteiger partial charge in [0, 0.05) is 25.3 Å². The molecule has 27 heavy (non-hydrogen) atoms. The Morgan fingerprint density at radius 1 is 1.19 bits per heavy atom. The van der Waals surface area contributed by atoms with Gasteiger partial charge in [0.05, 0.1) is 16.7 Å². The highest BCUT2D eigenvalue weighted by atomic mass is 35.5. The van der Waals surface area contributed by atoms with E-state index in [4.69, 9.17) is 5.73 Å². The third kappa shape index (κ3) is 5.46. The van der Waals surface area contributed by atoms with E-state index in [1.807, 2.05) is 4.90 Å². The second-order valence-electron chi connectivity index (χ2n) is 5.50. The van der Waals surface area contributed by atoms with Gasteiger partial charge in [0.15, 0.2) is 0 Å². The maximum atomic E-state index is 12.8. The van der Waals surface area contributed by atoms with Crippen molar-refractivity contribution in [1.82, 2.24) is 4.98 Å². The summed E-state index contributed by atoms with van der Waals surface area (Å²) in [5.74, 6) is -1.15. The van der Waals surface area contributed by atoms with E-state index in [-0.39, 0.29) is 58.4 Å². The van der Waals surface area contributed by atoms with Crippen LogP contribution >= 0.6 is 48.6 Å². The van der Waals surface area contributed by atoms with E-state index < -0.39 is 15.8 Å². The Morgan fingerprint density at radius 2 is 1.81 bits per heavy atom. The summed E-state index contributed by atoms with van der Waals surface area (Å²) >= 11 is 1.00. The van der Waals surface area contributed by atoms with Gasteiger partial charge in [0.2, 0.25) is 9.84 Å². The van der Waals surface area contributed by atoms with Crippen molar-refractivity contribution < 1.29 is 18.3 Å². The number of carboxylic acids is 1. The van der Waals surface area contributed by atoms with Crippen molar-refractivity contribution in [2.24, 2.45) is 5.73 Å². The van der Waals surface area contributed by atoms with Crippen LogP contribution in [-0.4, -0.2) is 37.6 Å². The fourth-order valence-electron chi connectivity index (χ4n) is 2.65. The number of nitrogens with two attached hydrogens (primary N) is 1. The van der Waals surface area contributed by atoms with Crippen LogP contribution in [0.3, 0.4) is 0 Å². The number of aromatic carboxylic acids is 1. The van der Waals surface area contributed by atoms with E-state index in [0.717, 1.165) is 37.3 Å². The lowest BCUT2D eigenvalue weighted by molar-refractivity contribution is 0.0696. The molecule has 1 aromatic heterocycles. The van der Waals surface area contributed by atoms with Crippen LogP contribution in [0.1, 0.15) is 28.2 Å². The summed E-state index contributed by atoms with van der Waals surface area (Å²) in [4.78, 5) is 17.3. The highest BCUT2D eigenvalue weighted by Crippen LogP contribution is 2.31. The van der Waals surface area contributed by atoms with Gasteiger partial charge in [-0.3, -0.25) is 0 Å². The highest BCUT2D eigenvalue weighted by molar-refractivity contribution is 7.93. The van der Waals surface area contributed by atoms with Gasteiger partial charge in [-0.2, -0.15) is 0 Å². The van der Waals surface area contributed by atoms with E-state index in [9.17, 15) is 18.3 Å². The van der Waals surface area contributed by atoms with Crippen LogP contribution in [0.15, 0.2) is 33.5 Å². The second-order valence-corrected chi connectivity index (χ2v) is 8.79. The van der Waals surface area contributed by atoms with E-state index in [0.29, 0.717) is 10.7 Å². The van der Waals surface area contributed by atoms with Crippen LogP contribution in [0, 0.1) is 0 Å². The molecule has 3 N–H and O–H groups in total.